The van der Waals surface area contributed by atoms with Gasteiger partial charge in [0.1, 0.15) is 24.2 Å². The van der Waals surface area contributed by atoms with Gasteiger partial charge in [-0.1, -0.05) is 12.1 Å². The highest BCUT2D eigenvalue weighted by Crippen LogP contribution is 2.33. The molecule has 0 unspecified atom stereocenters. The van der Waals surface area contributed by atoms with Crippen LogP contribution in [0.1, 0.15) is 15.9 Å². The maximum atomic E-state index is 12.6. The van der Waals surface area contributed by atoms with Crippen LogP contribution in [0.25, 0.3) is 16.6 Å². The van der Waals surface area contributed by atoms with Gasteiger partial charge in [0.05, 0.1) is 5.56 Å². The molecule has 3 heterocycles. The van der Waals surface area contributed by atoms with E-state index in [4.69, 9.17) is 5.73 Å². The van der Waals surface area contributed by atoms with Gasteiger partial charge in [0.2, 0.25) is 0 Å². The Morgan fingerprint density at radius 1 is 1.09 bits per heavy atom. The molecule has 0 bridgehead atoms. The van der Waals surface area contributed by atoms with E-state index in [1.54, 1.807) is 42.6 Å². The third kappa shape index (κ3) is 5.46. The number of hydrogen-bond acceptors (Lipinski definition) is 6. The second-order valence-corrected chi connectivity index (χ2v) is 7.53. The Morgan fingerprint density at radius 2 is 1.83 bits per heavy atom. The van der Waals surface area contributed by atoms with Crippen molar-refractivity contribution in [1.29, 1.82) is 0 Å². The molecule has 180 valence electrons. The first-order valence-corrected chi connectivity index (χ1v) is 10.2. The van der Waals surface area contributed by atoms with Crippen LogP contribution in [0.5, 0.6) is 0 Å². The largest absolute Gasteiger partial charge is 0.405 e. The van der Waals surface area contributed by atoms with Gasteiger partial charge >= 0.3 is 12.2 Å². The van der Waals surface area contributed by atoms with Crippen molar-refractivity contribution in [2.24, 2.45) is 0 Å². The number of anilines is 3. The van der Waals surface area contributed by atoms with Gasteiger partial charge in [-0.15, -0.1) is 0 Å². The van der Waals surface area contributed by atoms with Crippen molar-refractivity contribution in [3.63, 3.8) is 0 Å². The first kappa shape index (κ1) is 23.5. The molecule has 0 spiro atoms. The molecule has 5 N–H and O–H groups in total. The summed E-state index contributed by atoms with van der Waals surface area (Å²) in [4.78, 5) is 32.8. The van der Waals surface area contributed by atoms with Crippen molar-refractivity contribution >= 4 is 34.8 Å². The third-order valence-corrected chi connectivity index (χ3v) is 4.88. The Balaban J connectivity index is 1.61. The molecule has 0 aliphatic rings. The number of hydrogen-bond donors (Lipinski definition) is 4. The van der Waals surface area contributed by atoms with Gasteiger partial charge in [-0.25, -0.2) is 19.3 Å². The molecule has 0 saturated carbocycles. The molecule has 0 aliphatic heterocycles. The Kier molecular flexibility index (Phi) is 6.23. The van der Waals surface area contributed by atoms with Crippen LogP contribution in [0.2, 0.25) is 0 Å². The SMILES string of the molecule is Cc1ccnc(NC(=O)Nc2ccc(-c3c(C(=O)NCC(F)(F)F)cn4ncnc(N)c34)cc2)c1. The molecule has 0 atom stereocenters. The van der Waals surface area contributed by atoms with Gasteiger partial charge in [-0.05, 0) is 42.3 Å². The van der Waals surface area contributed by atoms with Crippen molar-refractivity contribution in [2.45, 2.75) is 13.1 Å². The Bertz CT molecular complexity index is 1400. The van der Waals surface area contributed by atoms with Crippen LogP contribution in [0.4, 0.5) is 35.3 Å². The molecule has 0 radical (unpaired) electrons. The minimum atomic E-state index is -4.57. The van der Waals surface area contributed by atoms with Crippen molar-refractivity contribution in [2.75, 3.05) is 22.9 Å². The third-order valence-electron chi connectivity index (χ3n) is 4.88. The summed E-state index contributed by atoms with van der Waals surface area (Å²) in [5, 5.41) is 11.1. The quantitative estimate of drug-likeness (QED) is 0.341. The van der Waals surface area contributed by atoms with Gasteiger partial charge in [-0.3, -0.25) is 10.1 Å². The lowest BCUT2D eigenvalue weighted by molar-refractivity contribution is -0.123. The van der Waals surface area contributed by atoms with Crippen LogP contribution in [0, 0.1) is 6.92 Å². The molecule has 0 saturated heterocycles. The lowest BCUT2D eigenvalue weighted by Crippen LogP contribution is -2.33. The highest BCUT2D eigenvalue weighted by Gasteiger charge is 2.29. The predicted octanol–water partition coefficient (Wildman–Crippen LogP) is 3.62. The van der Waals surface area contributed by atoms with E-state index in [1.165, 1.54) is 10.7 Å². The predicted molar refractivity (Wildman–Crippen MR) is 123 cm³/mol. The number of nitrogens with two attached hydrogens (primary N) is 1. The van der Waals surface area contributed by atoms with Crippen molar-refractivity contribution in [1.82, 2.24) is 24.9 Å². The summed E-state index contributed by atoms with van der Waals surface area (Å²) in [5.41, 5.74) is 8.23. The Labute approximate surface area is 196 Å². The number of nitrogen functional groups attached to an aromatic ring is 1. The average Bonchev–Trinajstić information content (AvgIpc) is 3.18. The molecule has 0 aliphatic carbocycles. The number of halogens is 3. The summed E-state index contributed by atoms with van der Waals surface area (Å²) in [7, 11) is 0. The first-order valence-electron chi connectivity index (χ1n) is 10.2. The van der Waals surface area contributed by atoms with Crippen LogP contribution in [0.3, 0.4) is 0 Å². The zero-order valence-corrected chi connectivity index (χ0v) is 18.2. The van der Waals surface area contributed by atoms with Crippen LogP contribution in [-0.2, 0) is 0 Å². The number of fused-ring (bicyclic) bond motifs is 1. The van der Waals surface area contributed by atoms with Crippen LogP contribution < -0.4 is 21.7 Å². The standard InChI is InChI=1S/C22H19F3N8O2/c1-12-6-7-27-16(8-12)32-21(35)31-14-4-2-13(3-5-14)17-15(20(34)28-10-22(23,24)25)9-33-18(17)19(26)29-11-30-33/h2-9,11H,10H2,1H3,(H,28,34)(H2,26,29,30)(H2,27,31,32,35). The van der Waals surface area contributed by atoms with Gasteiger partial charge in [0.15, 0.2) is 5.82 Å². The number of pyridine rings is 1. The minimum absolute atomic E-state index is 0.0390. The molecule has 10 nitrogen and oxygen atoms in total. The van der Waals surface area contributed by atoms with E-state index in [9.17, 15) is 22.8 Å². The maximum absolute atomic E-state index is 12.6. The van der Waals surface area contributed by atoms with E-state index >= 15 is 0 Å². The van der Waals surface area contributed by atoms with E-state index in [2.05, 4.69) is 25.7 Å². The summed E-state index contributed by atoms with van der Waals surface area (Å²) < 4.78 is 39.1. The average molecular weight is 484 g/mol. The fraction of sp³-hybridized carbons (Fsp3) is 0.136. The Morgan fingerprint density at radius 3 is 2.51 bits per heavy atom. The zero-order valence-electron chi connectivity index (χ0n) is 18.2. The number of nitrogens with one attached hydrogen (secondary N) is 3. The molecule has 3 aromatic heterocycles. The topological polar surface area (TPSA) is 139 Å². The zero-order chi connectivity index (χ0) is 25.2. The number of benzene rings is 1. The number of carbonyl (C=O) groups is 2. The number of carbonyl (C=O) groups excluding carboxylic acids is 2. The number of amides is 3. The number of alkyl halides is 3. The van der Waals surface area contributed by atoms with E-state index in [0.717, 1.165) is 11.9 Å². The summed E-state index contributed by atoms with van der Waals surface area (Å²) in [5.74, 6) is -0.532. The van der Waals surface area contributed by atoms with E-state index in [0.29, 0.717) is 17.1 Å². The maximum Gasteiger partial charge on any atom is 0.405 e. The highest BCUT2D eigenvalue weighted by molar-refractivity contribution is 6.07. The number of aryl methyl sites for hydroxylation is 1. The Hall–Kier alpha value is -4.68. The summed E-state index contributed by atoms with van der Waals surface area (Å²) in [6, 6.07) is 9.29. The number of urea groups is 1. The van der Waals surface area contributed by atoms with E-state index < -0.39 is 24.7 Å². The van der Waals surface area contributed by atoms with Crippen molar-refractivity contribution in [3.05, 3.63) is 66.2 Å². The lowest BCUT2D eigenvalue weighted by Gasteiger charge is -2.11. The molecule has 3 amide bonds. The highest BCUT2D eigenvalue weighted by atomic mass is 19.4. The second kappa shape index (κ2) is 9.29. The fourth-order valence-corrected chi connectivity index (χ4v) is 3.38. The van der Waals surface area contributed by atoms with Crippen LogP contribution >= 0.6 is 0 Å². The van der Waals surface area contributed by atoms with Gasteiger partial charge in [0, 0.05) is 23.6 Å². The molecular formula is C22H19F3N8O2. The molecule has 4 rings (SSSR count). The van der Waals surface area contributed by atoms with Crippen molar-refractivity contribution < 1.29 is 22.8 Å². The lowest BCUT2D eigenvalue weighted by atomic mass is 10.0. The van der Waals surface area contributed by atoms with Crippen molar-refractivity contribution in [3.8, 4) is 11.1 Å². The summed E-state index contributed by atoms with van der Waals surface area (Å²) >= 11 is 0. The molecule has 13 heteroatoms. The monoisotopic (exact) mass is 484 g/mol. The second-order valence-electron chi connectivity index (χ2n) is 7.53. The van der Waals surface area contributed by atoms with Gasteiger partial charge in [-0.2, -0.15) is 18.3 Å². The molecular weight excluding hydrogens is 465 g/mol. The summed E-state index contributed by atoms with van der Waals surface area (Å²) in [6.45, 7) is 0.372. The molecule has 35 heavy (non-hydrogen) atoms. The van der Waals surface area contributed by atoms with Gasteiger partial charge in [0.25, 0.3) is 5.91 Å². The molecule has 4 aromatic rings. The fourth-order valence-electron chi connectivity index (χ4n) is 3.38. The smallest absolute Gasteiger partial charge is 0.382 e. The first-order chi connectivity index (χ1) is 16.6. The number of rotatable bonds is 5. The van der Waals surface area contributed by atoms with Crippen LogP contribution in [0.15, 0.2) is 55.1 Å². The van der Waals surface area contributed by atoms with Crippen LogP contribution in [-0.4, -0.2) is 44.2 Å². The number of aromatic nitrogens is 4. The normalized spacial score (nSPS) is 11.3. The van der Waals surface area contributed by atoms with E-state index in [-0.39, 0.29) is 22.5 Å². The minimum Gasteiger partial charge on any atom is -0.382 e. The van der Waals surface area contributed by atoms with Gasteiger partial charge < -0.3 is 16.4 Å². The summed E-state index contributed by atoms with van der Waals surface area (Å²) in [6.07, 6.45) is -0.559. The molecule has 1 aromatic carbocycles. The van der Waals surface area contributed by atoms with E-state index in [1.807, 2.05) is 12.2 Å². The molecule has 0 fully saturated rings. The number of nitrogens with zero attached hydrogens (tertiary/aromatic N) is 4.